The van der Waals surface area contributed by atoms with Gasteiger partial charge in [0.15, 0.2) is 0 Å². The first-order valence-corrected chi connectivity index (χ1v) is 10.3. The Kier molecular flexibility index (Phi) is 5.27. The molecule has 142 valence electrons. The van der Waals surface area contributed by atoms with Crippen LogP contribution in [0.3, 0.4) is 0 Å². The van der Waals surface area contributed by atoms with Gasteiger partial charge in [0.1, 0.15) is 10.7 Å². The summed E-state index contributed by atoms with van der Waals surface area (Å²) in [5, 5.41) is 3.41. The molecule has 3 heterocycles. The van der Waals surface area contributed by atoms with Crippen molar-refractivity contribution in [2.75, 3.05) is 6.54 Å². The Balaban J connectivity index is 1.58. The maximum atomic E-state index is 13.0. The summed E-state index contributed by atoms with van der Waals surface area (Å²) < 4.78 is 1.79. The second-order valence-corrected chi connectivity index (χ2v) is 7.88. The van der Waals surface area contributed by atoms with Crippen LogP contribution in [-0.2, 0) is 13.0 Å². The van der Waals surface area contributed by atoms with Gasteiger partial charge in [0.2, 0.25) is 0 Å². The third kappa shape index (κ3) is 3.58. The average Bonchev–Trinajstić information content (AvgIpc) is 2.88. The number of carbonyl (C=O) groups is 1. The number of hydrogen-bond acceptors (Lipinski definition) is 4. The van der Waals surface area contributed by atoms with Gasteiger partial charge >= 0.3 is 0 Å². The molecular weight excluding hydrogens is 370 g/mol. The second-order valence-electron chi connectivity index (χ2n) is 6.88. The van der Waals surface area contributed by atoms with Gasteiger partial charge in [-0.15, -0.1) is 11.3 Å². The van der Waals surface area contributed by atoms with Gasteiger partial charge in [-0.2, -0.15) is 0 Å². The van der Waals surface area contributed by atoms with Gasteiger partial charge in [-0.25, -0.2) is 4.98 Å². The molecule has 0 bridgehead atoms. The topological polar surface area (TPSA) is 64.0 Å². The first-order valence-electron chi connectivity index (χ1n) is 9.50. The fourth-order valence-electron chi connectivity index (χ4n) is 3.50. The largest absolute Gasteiger partial charge is 0.340 e. The number of amides is 1. The van der Waals surface area contributed by atoms with E-state index in [1.54, 1.807) is 4.57 Å². The number of aryl methyl sites for hydroxylation is 2. The smallest absolute Gasteiger partial charge is 0.262 e. The molecule has 6 heteroatoms. The number of fused-ring (bicyclic) bond motifs is 2. The van der Waals surface area contributed by atoms with Crippen molar-refractivity contribution in [2.24, 2.45) is 0 Å². The number of thiophene rings is 1. The van der Waals surface area contributed by atoms with E-state index in [0.717, 1.165) is 37.1 Å². The van der Waals surface area contributed by atoms with Crippen LogP contribution in [0.15, 0.2) is 35.1 Å². The Hall–Kier alpha value is -2.91. The van der Waals surface area contributed by atoms with E-state index in [2.05, 4.69) is 17.2 Å². The molecule has 0 spiro atoms. The highest BCUT2D eigenvalue weighted by atomic mass is 32.1. The molecule has 0 saturated heterocycles. The summed E-state index contributed by atoms with van der Waals surface area (Å²) in [5.41, 5.74) is 1.61. The SMILES string of the molecule is Cc1c(C(=O)NCC#Cc2ccccc2)sc2nc3n(c(=O)c12)CCCCC3. The molecule has 2 aromatic heterocycles. The first kappa shape index (κ1) is 18.5. The van der Waals surface area contributed by atoms with Crippen molar-refractivity contribution in [1.29, 1.82) is 0 Å². The van der Waals surface area contributed by atoms with Crippen molar-refractivity contribution >= 4 is 27.5 Å². The fourth-order valence-corrected chi connectivity index (χ4v) is 4.61. The van der Waals surface area contributed by atoms with Crippen molar-refractivity contribution in [3.63, 3.8) is 0 Å². The third-order valence-electron chi connectivity index (χ3n) is 4.96. The van der Waals surface area contributed by atoms with Crippen LogP contribution in [0.1, 0.15) is 45.9 Å². The lowest BCUT2D eigenvalue weighted by molar-refractivity contribution is 0.0962. The van der Waals surface area contributed by atoms with Crippen LogP contribution >= 0.6 is 11.3 Å². The minimum atomic E-state index is -0.206. The minimum absolute atomic E-state index is 0.0152. The number of hydrogen-bond donors (Lipinski definition) is 1. The van der Waals surface area contributed by atoms with E-state index >= 15 is 0 Å². The van der Waals surface area contributed by atoms with Crippen LogP contribution in [0, 0.1) is 18.8 Å². The quantitative estimate of drug-likeness (QED) is 0.682. The van der Waals surface area contributed by atoms with Crippen LogP contribution < -0.4 is 10.9 Å². The van der Waals surface area contributed by atoms with E-state index < -0.39 is 0 Å². The monoisotopic (exact) mass is 391 g/mol. The molecule has 4 rings (SSSR count). The molecule has 1 aliphatic rings. The van der Waals surface area contributed by atoms with E-state index in [4.69, 9.17) is 4.98 Å². The van der Waals surface area contributed by atoms with Crippen LogP contribution in [0.5, 0.6) is 0 Å². The van der Waals surface area contributed by atoms with E-state index in [0.29, 0.717) is 27.2 Å². The Bertz CT molecular complexity index is 1150. The fraction of sp³-hybridized carbons (Fsp3) is 0.318. The van der Waals surface area contributed by atoms with Crippen molar-refractivity contribution in [2.45, 2.75) is 39.2 Å². The highest BCUT2D eigenvalue weighted by Crippen LogP contribution is 2.28. The molecule has 0 unspecified atom stereocenters. The zero-order valence-electron chi connectivity index (χ0n) is 15.7. The molecule has 1 N–H and O–H groups in total. The predicted molar refractivity (Wildman–Crippen MR) is 112 cm³/mol. The maximum Gasteiger partial charge on any atom is 0.262 e. The third-order valence-corrected chi connectivity index (χ3v) is 6.15. The van der Waals surface area contributed by atoms with Gasteiger partial charge in [0.05, 0.1) is 16.8 Å². The zero-order valence-corrected chi connectivity index (χ0v) is 16.6. The summed E-state index contributed by atoms with van der Waals surface area (Å²) in [6.45, 7) is 2.80. The lowest BCUT2D eigenvalue weighted by atomic mass is 10.2. The molecule has 0 radical (unpaired) electrons. The molecule has 0 saturated carbocycles. The van der Waals surface area contributed by atoms with Gasteiger partial charge in [-0.3, -0.25) is 14.2 Å². The minimum Gasteiger partial charge on any atom is -0.340 e. The average molecular weight is 391 g/mol. The summed E-state index contributed by atoms with van der Waals surface area (Å²) in [6.07, 6.45) is 3.98. The van der Waals surface area contributed by atoms with Crippen LogP contribution in [0.2, 0.25) is 0 Å². The number of carbonyl (C=O) groups excluding carboxylic acids is 1. The van der Waals surface area contributed by atoms with Crippen LogP contribution in [0.4, 0.5) is 0 Å². The van der Waals surface area contributed by atoms with Crippen LogP contribution in [-0.4, -0.2) is 22.0 Å². The molecule has 5 nitrogen and oxygen atoms in total. The molecular formula is C22H21N3O2S. The molecule has 0 atom stereocenters. The Morgan fingerprint density at radius 3 is 2.89 bits per heavy atom. The summed E-state index contributed by atoms with van der Waals surface area (Å²) in [7, 11) is 0. The zero-order chi connectivity index (χ0) is 19.5. The Labute approximate surface area is 167 Å². The number of nitrogens with zero attached hydrogens (tertiary/aromatic N) is 2. The lowest BCUT2D eigenvalue weighted by Crippen LogP contribution is -2.25. The number of rotatable bonds is 2. The molecule has 0 fully saturated rings. The number of nitrogens with one attached hydrogen (secondary N) is 1. The van der Waals surface area contributed by atoms with Gasteiger partial charge in [-0.05, 0) is 37.5 Å². The predicted octanol–water partition coefficient (Wildman–Crippen LogP) is 3.27. The summed E-state index contributed by atoms with van der Waals surface area (Å²) in [4.78, 5) is 31.5. The molecule has 3 aromatic rings. The lowest BCUT2D eigenvalue weighted by Gasteiger charge is -2.08. The molecule has 0 aliphatic carbocycles. The highest BCUT2D eigenvalue weighted by molar-refractivity contribution is 7.20. The number of aromatic nitrogens is 2. The van der Waals surface area contributed by atoms with Gasteiger partial charge < -0.3 is 5.32 Å². The van der Waals surface area contributed by atoms with Crippen LogP contribution in [0.25, 0.3) is 10.2 Å². The van der Waals surface area contributed by atoms with Crippen molar-refractivity contribution in [1.82, 2.24) is 14.9 Å². The second kappa shape index (κ2) is 7.99. The first-order chi connectivity index (χ1) is 13.6. The summed E-state index contributed by atoms with van der Waals surface area (Å²) in [6, 6.07) is 9.64. The molecule has 1 aliphatic heterocycles. The van der Waals surface area contributed by atoms with Crippen molar-refractivity contribution in [3.05, 3.63) is 62.5 Å². The van der Waals surface area contributed by atoms with E-state index in [-0.39, 0.29) is 18.0 Å². The molecule has 1 aromatic carbocycles. The molecule has 28 heavy (non-hydrogen) atoms. The standard InChI is InChI=1S/C22H21N3O2S/c1-15-18-21(24-17-12-6-3-7-14-25(17)22(18)27)28-19(15)20(26)23-13-8-11-16-9-4-2-5-10-16/h2,4-5,9-10H,3,6-7,12-14H2,1H3,(H,23,26). The molecule has 1 amide bonds. The summed E-state index contributed by atoms with van der Waals surface area (Å²) >= 11 is 1.30. The van der Waals surface area contributed by atoms with E-state index in [1.165, 1.54) is 11.3 Å². The van der Waals surface area contributed by atoms with Gasteiger partial charge in [-0.1, -0.05) is 36.5 Å². The van der Waals surface area contributed by atoms with Gasteiger partial charge in [0.25, 0.3) is 11.5 Å². The Morgan fingerprint density at radius 1 is 1.25 bits per heavy atom. The normalized spacial score (nSPS) is 13.3. The Morgan fingerprint density at radius 2 is 2.07 bits per heavy atom. The summed E-state index contributed by atoms with van der Waals surface area (Å²) in [5.74, 6) is 6.62. The maximum absolute atomic E-state index is 13.0. The van der Waals surface area contributed by atoms with E-state index in [9.17, 15) is 9.59 Å². The van der Waals surface area contributed by atoms with E-state index in [1.807, 2.05) is 37.3 Å². The van der Waals surface area contributed by atoms with Gasteiger partial charge in [0, 0.05) is 18.5 Å². The van der Waals surface area contributed by atoms with Crippen molar-refractivity contribution < 1.29 is 4.79 Å². The van der Waals surface area contributed by atoms with Crippen molar-refractivity contribution in [3.8, 4) is 11.8 Å². The highest BCUT2D eigenvalue weighted by Gasteiger charge is 2.21. The number of benzene rings is 1.